The van der Waals surface area contributed by atoms with Crippen molar-refractivity contribution in [3.63, 3.8) is 0 Å². The fraction of sp³-hybridized carbons (Fsp3) is 0.538. The average molecular weight is 319 g/mol. The summed E-state index contributed by atoms with van der Waals surface area (Å²) in [5.41, 5.74) is 6.87. The number of nitrogens with one attached hydrogen (secondary N) is 1. The highest BCUT2D eigenvalue weighted by Crippen LogP contribution is 2.27. The number of anilines is 2. The Kier molecular flexibility index (Phi) is 6.43. The van der Waals surface area contributed by atoms with E-state index in [1.807, 2.05) is 0 Å². The maximum absolute atomic E-state index is 13.2. The van der Waals surface area contributed by atoms with Crippen molar-refractivity contribution < 1.29 is 9.50 Å². The highest BCUT2D eigenvalue weighted by atomic mass is 79.9. The maximum atomic E-state index is 13.2. The molecule has 0 aliphatic carbocycles. The number of benzene rings is 1. The van der Waals surface area contributed by atoms with E-state index in [4.69, 9.17) is 10.8 Å². The number of nitrogens with two attached hydrogens (primary N) is 1. The quantitative estimate of drug-likeness (QED) is 0.675. The molecule has 3 nitrogen and oxygen atoms in total. The SMILES string of the molecule is CCCC(CCO)CNc1cc(Br)c(F)cc1N. The first-order chi connectivity index (χ1) is 8.58. The molecule has 1 unspecified atom stereocenters. The Morgan fingerprint density at radius 3 is 2.78 bits per heavy atom. The van der Waals surface area contributed by atoms with Crippen LogP contribution in [-0.4, -0.2) is 18.3 Å². The Labute approximate surface area is 116 Å². The second-order valence-electron chi connectivity index (χ2n) is 4.40. The second kappa shape index (κ2) is 7.59. The second-order valence-corrected chi connectivity index (χ2v) is 5.26. The lowest BCUT2D eigenvalue weighted by atomic mass is 10.00. The average Bonchev–Trinajstić information content (AvgIpc) is 2.32. The Morgan fingerprint density at radius 2 is 2.17 bits per heavy atom. The van der Waals surface area contributed by atoms with Gasteiger partial charge in [0.1, 0.15) is 5.82 Å². The number of hydrogen-bond donors (Lipinski definition) is 3. The monoisotopic (exact) mass is 318 g/mol. The third-order valence-electron chi connectivity index (χ3n) is 2.91. The molecule has 0 radical (unpaired) electrons. The van der Waals surface area contributed by atoms with Crippen molar-refractivity contribution >= 4 is 27.3 Å². The molecule has 1 aromatic carbocycles. The van der Waals surface area contributed by atoms with E-state index >= 15 is 0 Å². The smallest absolute Gasteiger partial charge is 0.139 e. The molecule has 4 N–H and O–H groups in total. The zero-order valence-corrected chi connectivity index (χ0v) is 12.1. The summed E-state index contributed by atoms with van der Waals surface area (Å²) in [5.74, 6) is 0.0433. The van der Waals surface area contributed by atoms with Crippen molar-refractivity contribution in [2.24, 2.45) is 5.92 Å². The van der Waals surface area contributed by atoms with Gasteiger partial charge in [-0.1, -0.05) is 13.3 Å². The molecule has 0 bridgehead atoms. The molecule has 18 heavy (non-hydrogen) atoms. The highest BCUT2D eigenvalue weighted by molar-refractivity contribution is 9.10. The van der Waals surface area contributed by atoms with Crippen molar-refractivity contribution in [1.29, 1.82) is 0 Å². The Bertz CT molecular complexity index is 381. The minimum absolute atomic E-state index is 0.189. The molecule has 0 fully saturated rings. The minimum Gasteiger partial charge on any atom is -0.397 e. The first-order valence-electron chi connectivity index (χ1n) is 6.17. The molecule has 0 saturated heterocycles. The maximum Gasteiger partial charge on any atom is 0.139 e. The lowest BCUT2D eigenvalue weighted by Crippen LogP contribution is -2.16. The summed E-state index contributed by atoms with van der Waals surface area (Å²) in [5, 5.41) is 12.2. The summed E-state index contributed by atoms with van der Waals surface area (Å²) in [6, 6.07) is 2.94. The molecule has 5 heteroatoms. The molecule has 102 valence electrons. The third-order valence-corrected chi connectivity index (χ3v) is 3.52. The van der Waals surface area contributed by atoms with Gasteiger partial charge in [-0.2, -0.15) is 0 Å². The number of hydrogen-bond acceptors (Lipinski definition) is 3. The molecule has 1 atom stereocenters. The normalized spacial score (nSPS) is 12.4. The number of halogens is 2. The van der Waals surface area contributed by atoms with E-state index in [1.165, 1.54) is 6.07 Å². The summed E-state index contributed by atoms with van der Waals surface area (Å²) in [6.45, 7) is 3.04. The van der Waals surface area contributed by atoms with Crippen LogP contribution in [0.5, 0.6) is 0 Å². The molecule has 0 heterocycles. The summed E-state index contributed by atoms with van der Waals surface area (Å²) in [6.07, 6.45) is 2.90. The van der Waals surface area contributed by atoms with E-state index in [2.05, 4.69) is 28.2 Å². The van der Waals surface area contributed by atoms with Crippen LogP contribution in [0.2, 0.25) is 0 Å². The van der Waals surface area contributed by atoms with Gasteiger partial charge in [-0.05, 0) is 40.8 Å². The Morgan fingerprint density at radius 1 is 1.44 bits per heavy atom. The van der Waals surface area contributed by atoms with Gasteiger partial charge in [0, 0.05) is 19.2 Å². The Balaban J connectivity index is 2.64. The standard InChI is InChI=1S/C13H20BrFN2O/c1-2-3-9(4-5-18)8-17-13-6-10(14)11(15)7-12(13)16/h6-7,9,17-18H,2-5,8,16H2,1H3. The van der Waals surface area contributed by atoms with Gasteiger partial charge < -0.3 is 16.2 Å². The summed E-state index contributed by atoms with van der Waals surface area (Å²) < 4.78 is 13.6. The van der Waals surface area contributed by atoms with E-state index in [0.29, 0.717) is 16.1 Å². The van der Waals surface area contributed by atoms with Crippen LogP contribution >= 0.6 is 15.9 Å². The lowest BCUT2D eigenvalue weighted by molar-refractivity contribution is 0.255. The summed E-state index contributed by atoms with van der Waals surface area (Å²) in [4.78, 5) is 0. The van der Waals surface area contributed by atoms with E-state index in [-0.39, 0.29) is 12.4 Å². The van der Waals surface area contributed by atoms with Gasteiger partial charge in [0.25, 0.3) is 0 Å². The van der Waals surface area contributed by atoms with Crippen LogP contribution in [0, 0.1) is 11.7 Å². The first-order valence-corrected chi connectivity index (χ1v) is 6.97. The molecule has 0 aliphatic heterocycles. The van der Waals surface area contributed by atoms with Crippen LogP contribution < -0.4 is 11.1 Å². The predicted octanol–water partition coefficient (Wildman–Crippen LogP) is 3.38. The third kappa shape index (κ3) is 4.46. The van der Waals surface area contributed by atoms with Crippen LogP contribution in [0.15, 0.2) is 16.6 Å². The van der Waals surface area contributed by atoms with E-state index in [1.54, 1.807) is 6.07 Å². The fourth-order valence-corrected chi connectivity index (χ4v) is 2.25. The van der Waals surface area contributed by atoms with Gasteiger partial charge in [-0.3, -0.25) is 0 Å². The van der Waals surface area contributed by atoms with Crippen LogP contribution in [0.3, 0.4) is 0 Å². The first kappa shape index (κ1) is 15.2. The molecule has 0 spiro atoms. The van der Waals surface area contributed by atoms with E-state index < -0.39 is 0 Å². The lowest BCUT2D eigenvalue weighted by Gasteiger charge is -2.17. The molecule has 1 rings (SSSR count). The highest BCUT2D eigenvalue weighted by Gasteiger charge is 2.10. The molecule has 0 saturated carbocycles. The minimum atomic E-state index is -0.362. The van der Waals surface area contributed by atoms with Crippen molar-refractivity contribution in [1.82, 2.24) is 0 Å². The molecule has 0 aliphatic rings. The zero-order valence-electron chi connectivity index (χ0n) is 10.5. The number of aliphatic hydroxyl groups excluding tert-OH is 1. The number of rotatable bonds is 7. The molecule has 0 aromatic heterocycles. The van der Waals surface area contributed by atoms with Gasteiger partial charge in [0.05, 0.1) is 15.8 Å². The van der Waals surface area contributed by atoms with Crippen molar-refractivity contribution in [3.05, 3.63) is 22.4 Å². The van der Waals surface area contributed by atoms with Gasteiger partial charge in [0.15, 0.2) is 0 Å². The Hall–Kier alpha value is -0.810. The zero-order chi connectivity index (χ0) is 13.5. The van der Waals surface area contributed by atoms with Crippen molar-refractivity contribution in [2.45, 2.75) is 26.2 Å². The number of aliphatic hydroxyl groups is 1. The van der Waals surface area contributed by atoms with Crippen molar-refractivity contribution in [3.8, 4) is 0 Å². The molecule has 1 aromatic rings. The van der Waals surface area contributed by atoms with Gasteiger partial charge in [0.2, 0.25) is 0 Å². The predicted molar refractivity (Wildman–Crippen MR) is 77.1 cm³/mol. The number of nitrogen functional groups attached to an aromatic ring is 1. The molecule has 0 amide bonds. The summed E-state index contributed by atoms with van der Waals surface area (Å²) >= 11 is 3.14. The largest absolute Gasteiger partial charge is 0.397 e. The molecular weight excluding hydrogens is 299 g/mol. The van der Waals surface area contributed by atoms with Crippen LogP contribution in [-0.2, 0) is 0 Å². The van der Waals surface area contributed by atoms with Crippen LogP contribution in [0.1, 0.15) is 26.2 Å². The summed E-state index contributed by atoms with van der Waals surface area (Å²) in [7, 11) is 0. The van der Waals surface area contributed by atoms with Crippen molar-refractivity contribution in [2.75, 3.05) is 24.2 Å². The topological polar surface area (TPSA) is 58.3 Å². The fourth-order valence-electron chi connectivity index (χ4n) is 1.91. The molecular formula is C13H20BrFN2O. The van der Waals surface area contributed by atoms with E-state index in [9.17, 15) is 4.39 Å². The van der Waals surface area contributed by atoms with E-state index in [0.717, 1.165) is 31.5 Å². The van der Waals surface area contributed by atoms with Gasteiger partial charge in [-0.15, -0.1) is 0 Å². The van der Waals surface area contributed by atoms with Crippen LogP contribution in [0.25, 0.3) is 0 Å². The van der Waals surface area contributed by atoms with Gasteiger partial charge >= 0.3 is 0 Å². The van der Waals surface area contributed by atoms with Crippen LogP contribution in [0.4, 0.5) is 15.8 Å². The van der Waals surface area contributed by atoms with Gasteiger partial charge in [-0.25, -0.2) is 4.39 Å².